The number of rotatable bonds is 21. The van der Waals surface area contributed by atoms with E-state index in [2.05, 4.69) is 49.1 Å². The molecule has 50 heavy (non-hydrogen) atoms. The topological polar surface area (TPSA) is 60.8 Å². The normalized spacial score (nSPS) is 27.0. The Balaban J connectivity index is 1.10. The molecule has 1 amide bonds. The van der Waals surface area contributed by atoms with E-state index in [1.54, 1.807) is 6.07 Å². The van der Waals surface area contributed by atoms with Crippen molar-refractivity contribution in [2.24, 2.45) is 23.2 Å². The summed E-state index contributed by atoms with van der Waals surface area (Å²) in [5.41, 5.74) is 3.22. The van der Waals surface area contributed by atoms with E-state index in [1.165, 1.54) is 50.5 Å². The number of nitrogens with zero attached hydrogens (tertiary/aromatic N) is 1. The fraction of sp³-hybridized carbons (Fsp3) is 0.711. The number of carbonyl (C=O) groups is 1. The molecule has 0 radical (unpaired) electrons. The van der Waals surface area contributed by atoms with Gasteiger partial charge in [0, 0.05) is 25.4 Å². The van der Waals surface area contributed by atoms with E-state index in [0.29, 0.717) is 30.6 Å². The highest BCUT2D eigenvalue weighted by molar-refractivity contribution is 5.76. The third-order valence-electron chi connectivity index (χ3n) is 13.1. The molecule has 4 nitrogen and oxygen atoms in total. The Bertz CT molecular complexity index is 1300. The Morgan fingerprint density at radius 1 is 0.860 bits per heavy atom. The van der Waals surface area contributed by atoms with Crippen molar-refractivity contribution < 1.29 is 19.4 Å². The Kier molecular flexibility index (Phi) is 15.1. The Morgan fingerprint density at radius 3 is 2.30 bits per heavy atom. The molecule has 0 spiro atoms. The van der Waals surface area contributed by atoms with Gasteiger partial charge in [-0.25, -0.2) is 4.39 Å². The van der Waals surface area contributed by atoms with Gasteiger partial charge in [0.05, 0.1) is 6.10 Å². The molecule has 0 heterocycles. The maximum absolute atomic E-state index is 16.1. The van der Waals surface area contributed by atoms with Gasteiger partial charge < -0.3 is 15.1 Å². The maximum Gasteiger partial charge on any atom is 0.222 e. The highest BCUT2D eigenvalue weighted by Gasteiger charge is 2.59. The fourth-order valence-corrected chi connectivity index (χ4v) is 10.3. The molecule has 2 aromatic carbocycles. The van der Waals surface area contributed by atoms with Crippen LogP contribution in [0.25, 0.3) is 0 Å². The maximum atomic E-state index is 16.1. The largest absolute Gasteiger partial charge is 0.508 e. The Morgan fingerprint density at radius 2 is 1.54 bits per heavy atom. The summed E-state index contributed by atoms with van der Waals surface area (Å²) >= 11 is 0. The van der Waals surface area contributed by atoms with Crippen LogP contribution in [0.4, 0.5) is 4.39 Å². The first-order valence-corrected chi connectivity index (χ1v) is 20.8. The first-order chi connectivity index (χ1) is 24.3. The molecule has 0 aliphatic heterocycles. The van der Waals surface area contributed by atoms with E-state index in [-0.39, 0.29) is 23.0 Å². The number of unbranched alkanes of at least 4 members (excludes halogenated alkanes) is 11. The molecule has 3 aliphatic carbocycles. The molecule has 3 aliphatic rings. The molecule has 7 atom stereocenters. The number of amides is 1. The number of phenols is 1. The van der Waals surface area contributed by atoms with Crippen LogP contribution in [0.2, 0.25) is 0 Å². The van der Waals surface area contributed by atoms with E-state index in [9.17, 15) is 15.0 Å². The van der Waals surface area contributed by atoms with E-state index < -0.39 is 12.3 Å². The average Bonchev–Trinajstić information content (AvgIpc) is 3.40. The number of halogens is 1. The van der Waals surface area contributed by atoms with Crippen LogP contribution in [0.15, 0.2) is 48.5 Å². The van der Waals surface area contributed by atoms with E-state index in [4.69, 9.17) is 0 Å². The lowest BCUT2D eigenvalue weighted by molar-refractivity contribution is -0.131. The summed E-state index contributed by atoms with van der Waals surface area (Å²) in [6.07, 6.45) is 21.2. The quantitative estimate of drug-likeness (QED) is 0.128. The van der Waals surface area contributed by atoms with Crippen molar-refractivity contribution in [2.75, 3.05) is 13.1 Å². The summed E-state index contributed by atoms with van der Waals surface area (Å²) in [6, 6.07) is 16.2. The Labute approximate surface area is 303 Å². The van der Waals surface area contributed by atoms with Gasteiger partial charge in [-0.15, -0.1) is 0 Å². The molecule has 5 heteroatoms. The zero-order chi connectivity index (χ0) is 35.3. The molecule has 0 bridgehead atoms. The predicted molar refractivity (Wildman–Crippen MR) is 204 cm³/mol. The number of hydrogen-bond acceptors (Lipinski definition) is 3. The lowest BCUT2D eigenvalue weighted by Gasteiger charge is -2.54. The van der Waals surface area contributed by atoms with Crippen molar-refractivity contribution in [1.29, 1.82) is 0 Å². The molecule has 2 aromatic rings. The van der Waals surface area contributed by atoms with Crippen LogP contribution in [-0.4, -0.2) is 46.4 Å². The number of fused-ring (bicyclic) bond motifs is 5. The minimum Gasteiger partial charge on any atom is -0.508 e. The van der Waals surface area contributed by atoms with Gasteiger partial charge in [0.15, 0.2) is 0 Å². The molecule has 2 fully saturated rings. The van der Waals surface area contributed by atoms with Crippen LogP contribution >= 0.6 is 0 Å². The van der Waals surface area contributed by atoms with Crippen LogP contribution in [0.3, 0.4) is 0 Å². The number of hydrogen-bond donors (Lipinski definition) is 2. The minimum absolute atomic E-state index is 0.131. The summed E-state index contributed by atoms with van der Waals surface area (Å²) in [4.78, 5) is 15.6. The highest BCUT2D eigenvalue weighted by atomic mass is 19.1. The number of aliphatic hydroxyl groups excluding tert-OH is 1. The van der Waals surface area contributed by atoms with Crippen LogP contribution in [0.5, 0.6) is 5.75 Å². The number of benzene rings is 2. The summed E-state index contributed by atoms with van der Waals surface area (Å²) in [6.45, 7) is 6.08. The third-order valence-corrected chi connectivity index (χ3v) is 13.1. The number of carbonyl (C=O) groups excluding carboxylic acids is 1. The Hall–Kier alpha value is -2.40. The van der Waals surface area contributed by atoms with Crippen molar-refractivity contribution in [3.63, 3.8) is 0 Å². The standard InChI is InChI=1S/C45H68FNO3/c1-3-4-5-6-7-8-9-10-17-24-42(50)47(30-19-22-34-20-14-13-15-21-34)29-18-12-11-16-23-35-31-36-32-37(48)25-26-38(36)44-40(46)33-45(2)39(43(35)44)27-28-41(45)49/h13-15,20-21,25-26,32,35,39-41,43-44,48-49H,3-12,16-19,22-24,27-31,33H2,1-2H3/t35-,39?,40+,41+,43?,44?,45+/m1/s1. The lowest BCUT2D eigenvalue weighted by Crippen LogP contribution is -2.51. The average molecular weight is 690 g/mol. The summed E-state index contributed by atoms with van der Waals surface area (Å²) in [5, 5.41) is 21.3. The predicted octanol–water partition coefficient (Wildman–Crippen LogP) is 11.1. The van der Waals surface area contributed by atoms with Crippen LogP contribution in [-0.2, 0) is 17.6 Å². The molecular formula is C45H68FNO3. The van der Waals surface area contributed by atoms with Gasteiger partial charge in [0.1, 0.15) is 11.9 Å². The van der Waals surface area contributed by atoms with Crippen LogP contribution in [0.1, 0.15) is 158 Å². The molecular weight excluding hydrogens is 621 g/mol. The van der Waals surface area contributed by atoms with Gasteiger partial charge in [0.25, 0.3) is 0 Å². The van der Waals surface area contributed by atoms with Gasteiger partial charge in [-0.3, -0.25) is 4.79 Å². The lowest BCUT2D eigenvalue weighted by atomic mass is 9.51. The van der Waals surface area contributed by atoms with Crippen LogP contribution in [0, 0.1) is 23.2 Å². The highest BCUT2D eigenvalue weighted by Crippen LogP contribution is 2.63. The number of aromatic hydroxyl groups is 1. The molecule has 2 saturated carbocycles. The summed E-state index contributed by atoms with van der Waals surface area (Å²) < 4.78 is 16.1. The van der Waals surface area contributed by atoms with Crippen molar-refractivity contribution >= 4 is 5.91 Å². The van der Waals surface area contributed by atoms with Gasteiger partial charge >= 0.3 is 0 Å². The van der Waals surface area contributed by atoms with Crippen molar-refractivity contribution in [3.8, 4) is 5.75 Å². The van der Waals surface area contributed by atoms with Gasteiger partial charge in [-0.2, -0.15) is 0 Å². The SMILES string of the molecule is CCCCCCCCCCCC(=O)N(CCCCCC[C@@H]1Cc2cc(O)ccc2C2C1C1CC[C@H](O)[C@@]1(C)C[C@@H]2F)CCCc1ccccc1. The smallest absolute Gasteiger partial charge is 0.222 e. The van der Waals surface area contributed by atoms with Gasteiger partial charge in [-0.05, 0) is 110 Å². The molecule has 3 unspecified atom stereocenters. The zero-order valence-electron chi connectivity index (χ0n) is 31.5. The zero-order valence-corrected chi connectivity index (χ0v) is 31.5. The van der Waals surface area contributed by atoms with E-state index in [0.717, 1.165) is 101 Å². The number of alkyl halides is 1. The van der Waals surface area contributed by atoms with Crippen LogP contribution < -0.4 is 0 Å². The van der Waals surface area contributed by atoms with E-state index >= 15 is 4.39 Å². The molecule has 0 saturated heterocycles. The van der Waals surface area contributed by atoms with Crippen molar-refractivity contribution in [2.45, 2.75) is 167 Å². The van der Waals surface area contributed by atoms with Gasteiger partial charge in [0.2, 0.25) is 5.91 Å². The minimum atomic E-state index is -0.957. The fourth-order valence-electron chi connectivity index (χ4n) is 10.3. The van der Waals surface area contributed by atoms with E-state index in [1.807, 2.05) is 12.1 Å². The summed E-state index contributed by atoms with van der Waals surface area (Å²) in [7, 11) is 0. The number of aliphatic hydroxyl groups is 1. The molecule has 5 rings (SSSR count). The second kappa shape index (κ2) is 19.4. The molecule has 0 aromatic heterocycles. The summed E-state index contributed by atoms with van der Waals surface area (Å²) in [5.74, 6) is 1.44. The van der Waals surface area contributed by atoms with Crippen molar-refractivity contribution in [3.05, 3.63) is 65.2 Å². The monoisotopic (exact) mass is 690 g/mol. The van der Waals surface area contributed by atoms with Crippen molar-refractivity contribution in [1.82, 2.24) is 4.90 Å². The molecule has 2 N–H and O–H groups in total. The first-order valence-electron chi connectivity index (χ1n) is 20.8. The number of phenolic OH excluding ortho intramolecular Hbond substituents is 1. The molecule has 278 valence electrons. The third kappa shape index (κ3) is 10.1. The first kappa shape index (κ1) is 38.8. The van der Waals surface area contributed by atoms with Gasteiger partial charge in [-0.1, -0.05) is 121 Å². The second-order valence-electron chi connectivity index (χ2n) is 16.6. The number of aryl methyl sites for hydroxylation is 1. The second-order valence-corrected chi connectivity index (χ2v) is 16.6.